The number of aliphatic hydroxyl groups is 1. The standard InChI is InChI=1S/C17H16N2O3/c1-17(2)12-6-5-10(9-18)8-11(12)14(15(17)20)19-16(21)13-4-3-7-22-13/h3-8,14-15,20H,1-2H3,(H,19,21)/t14-,15+/m1/s1. The summed E-state index contributed by atoms with van der Waals surface area (Å²) in [5.74, 6) is -0.199. The Morgan fingerprint density at radius 1 is 1.41 bits per heavy atom. The van der Waals surface area contributed by atoms with Gasteiger partial charge in [0, 0.05) is 5.41 Å². The predicted molar refractivity (Wildman–Crippen MR) is 79.1 cm³/mol. The van der Waals surface area contributed by atoms with Crippen LogP contribution in [0.15, 0.2) is 41.0 Å². The first-order valence-corrected chi connectivity index (χ1v) is 7.02. The number of fused-ring (bicyclic) bond motifs is 1. The van der Waals surface area contributed by atoms with Gasteiger partial charge in [0.15, 0.2) is 5.76 Å². The number of aliphatic hydroxyl groups excluding tert-OH is 1. The smallest absolute Gasteiger partial charge is 0.287 e. The van der Waals surface area contributed by atoms with Crippen LogP contribution >= 0.6 is 0 Å². The molecule has 2 N–H and O–H groups in total. The SMILES string of the molecule is CC1(C)c2ccc(C#N)cc2[C@@H](NC(=O)c2ccco2)[C@@H]1O. The molecule has 0 bridgehead atoms. The van der Waals surface area contributed by atoms with Gasteiger partial charge in [-0.1, -0.05) is 19.9 Å². The van der Waals surface area contributed by atoms with E-state index in [0.29, 0.717) is 5.56 Å². The maximum atomic E-state index is 12.2. The third kappa shape index (κ3) is 2.09. The molecule has 1 aliphatic carbocycles. The zero-order valence-electron chi connectivity index (χ0n) is 12.3. The lowest BCUT2D eigenvalue weighted by Crippen LogP contribution is -2.39. The number of hydrogen-bond acceptors (Lipinski definition) is 4. The van der Waals surface area contributed by atoms with Crippen LogP contribution in [0.5, 0.6) is 0 Å². The Morgan fingerprint density at radius 3 is 2.82 bits per heavy atom. The van der Waals surface area contributed by atoms with Crippen molar-refractivity contribution in [2.75, 3.05) is 0 Å². The van der Waals surface area contributed by atoms with E-state index in [4.69, 9.17) is 9.68 Å². The second-order valence-corrected chi connectivity index (χ2v) is 6.01. The van der Waals surface area contributed by atoms with Crippen molar-refractivity contribution in [3.63, 3.8) is 0 Å². The molecule has 22 heavy (non-hydrogen) atoms. The van der Waals surface area contributed by atoms with Gasteiger partial charge in [-0.15, -0.1) is 0 Å². The summed E-state index contributed by atoms with van der Waals surface area (Å²) < 4.78 is 5.08. The van der Waals surface area contributed by atoms with Gasteiger partial charge < -0.3 is 14.8 Å². The number of benzene rings is 1. The Kier molecular flexibility index (Phi) is 3.27. The lowest BCUT2D eigenvalue weighted by molar-refractivity contribution is 0.0659. The summed E-state index contributed by atoms with van der Waals surface area (Å²) in [5.41, 5.74) is 1.70. The highest BCUT2D eigenvalue weighted by Crippen LogP contribution is 2.45. The summed E-state index contributed by atoms with van der Waals surface area (Å²) >= 11 is 0. The highest BCUT2D eigenvalue weighted by atomic mass is 16.3. The largest absolute Gasteiger partial charge is 0.459 e. The fourth-order valence-electron chi connectivity index (χ4n) is 3.00. The van der Waals surface area contributed by atoms with Crippen molar-refractivity contribution in [3.05, 3.63) is 59.0 Å². The second-order valence-electron chi connectivity index (χ2n) is 6.01. The highest BCUT2D eigenvalue weighted by Gasteiger charge is 2.46. The highest BCUT2D eigenvalue weighted by molar-refractivity contribution is 5.91. The molecule has 1 aromatic carbocycles. The van der Waals surface area contributed by atoms with E-state index in [2.05, 4.69) is 11.4 Å². The molecule has 5 nitrogen and oxygen atoms in total. The average Bonchev–Trinajstić information content (AvgIpc) is 3.10. The number of rotatable bonds is 2. The van der Waals surface area contributed by atoms with Crippen molar-refractivity contribution < 1.29 is 14.3 Å². The first-order chi connectivity index (χ1) is 10.4. The van der Waals surface area contributed by atoms with Crippen molar-refractivity contribution in [2.45, 2.75) is 31.4 Å². The van der Waals surface area contributed by atoms with Crippen LogP contribution < -0.4 is 5.32 Å². The van der Waals surface area contributed by atoms with Crippen molar-refractivity contribution in [2.24, 2.45) is 0 Å². The second kappa shape index (κ2) is 5.00. The average molecular weight is 296 g/mol. The van der Waals surface area contributed by atoms with Crippen LogP contribution in [0, 0.1) is 11.3 Å². The van der Waals surface area contributed by atoms with Crippen LogP contribution in [-0.2, 0) is 5.41 Å². The molecule has 2 aromatic rings. The van der Waals surface area contributed by atoms with Crippen LogP contribution in [-0.4, -0.2) is 17.1 Å². The molecule has 0 radical (unpaired) electrons. The van der Waals surface area contributed by atoms with E-state index in [1.807, 2.05) is 19.9 Å². The molecule has 0 spiro atoms. The van der Waals surface area contributed by atoms with Crippen molar-refractivity contribution in [1.29, 1.82) is 5.26 Å². The summed E-state index contributed by atoms with van der Waals surface area (Å²) in [6.07, 6.45) is 0.640. The Labute approximate surface area is 128 Å². The molecule has 1 aromatic heterocycles. The lowest BCUT2D eigenvalue weighted by Gasteiger charge is -2.26. The normalized spacial score (nSPS) is 21.9. The molecule has 5 heteroatoms. The van der Waals surface area contributed by atoms with Crippen LogP contribution in [0.4, 0.5) is 0 Å². The van der Waals surface area contributed by atoms with Crippen molar-refractivity contribution in [1.82, 2.24) is 5.32 Å². The van der Waals surface area contributed by atoms with Crippen LogP contribution in [0.2, 0.25) is 0 Å². The number of hydrogen-bond donors (Lipinski definition) is 2. The van der Waals surface area contributed by atoms with Gasteiger partial charge in [0.05, 0.1) is 30.0 Å². The third-order valence-corrected chi connectivity index (χ3v) is 4.30. The lowest BCUT2D eigenvalue weighted by atomic mass is 9.84. The number of furan rings is 1. The minimum Gasteiger partial charge on any atom is -0.459 e. The molecule has 0 aliphatic heterocycles. The molecular formula is C17H16N2O3. The number of carbonyl (C=O) groups is 1. The zero-order chi connectivity index (χ0) is 15.9. The van der Waals surface area contributed by atoms with E-state index >= 15 is 0 Å². The summed E-state index contributed by atoms with van der Waals surface area (Å²) in [7, 11) is 0. The summed E-state index contributed by atoms with van der Waals surface area (Å²) in [4.78, 5) is 12.2. The van der Waals surface area contributed by atoms with Gasteiger partial charge in [-0.25, -0.2) is 0 Å². The van der Waals surface area contributed by atoms with E-state index in [0.717, 1.165) is 11.1 Å². The Morgan fingerprint density at radius 2 is 2.18 bits per heavy atom. The van der Waals surface area contributed by atoms with Gasteiger partial charge in [0.1, 0.15) is 0 Å². The molecular weight excluding hydrogens is 280 g/mol. The van der Waals surface area contributed by atoms with Gasteiger partial charge in [0.2, 0.25) is 0 Å². The first-order valence-electron chi connectivity index (χ1n) is 7.02. The topological polar surface area (TPSA) is 86.3 Å². The predicted octanol–water partition coefficient (Wildman–Crippen LogP) is 2.27. The van der Waals surface area contributed by atoms with Crippen LogP contribution in [0.1, 0.15) is 47.1 Å². The zero-order valence-corrected chi connectivity index (χ0v) is 12.3. The van der Waals surface area contributed by atoms with Gasteiger partial charge in [-0.2, -0.15) is 5.26 Å². The molecule has 2 atom stereocenters. The number of nitriles is 1. The molecule has 1 amide bonds. The molecule has 1 aliphatic rings. The quantitative estimate of drug-likeness (QED) is 0.890. The maximum Gasteiger partial charge on any atom is 0.287 e. The van der Waals surface area contributed by atoms with Gasteiger partial charge in [-0.3, -0.25) is 4.79 Å². The van der Waals surface area contributed by atoms with Crippen LogP contribution in [0.3, 0.4) is 0 Å². The molecule has 0 unspecified atom stereocenters. The van der Waals surface area contributed by atoms with E-state index < -0.39 is 17.6 Å². The van der Waals surface area contributed by atoms with Crippen molar-refractivity contribution >= 4 is 5.91 Å². The molecule has 112 valence electrons. The number of nitrogens with one attached hydrogen (secondary N) is 1. The summed E-state index contributed by atoms with van der Waals surface area (Å²) in [6.45, 7) is 3.84. The Hall–Kier alpha value is -2.58. The monoisotopic (exact) mass is 296 g/mol. The Bertz CT molecular complexity index is 757. The summed E-state index contributed by atoms with van der Waals surface area (Å²) in [5, 5.41) is 22.5. The Balaban J connectivity index is 1.99. The van der Waals surface area contributed by atoms with E-state index in [-0.39, 0.29) is 11.7 Å². The fraction of sp³-hybridized carbons (Fsp3) is 0.294. The minimum absolute atomic E-state index is 0.190. The van der Waals surface area contributed by atoms with E-state index in [1.165, 1.54) is 6.26 Å². The maximum absolute atomic E-state index is 12.2. The summed E-state index contributed by atoms with van der Waals surface area (Å²) in [6, 6.07) is 10.0. The van der Waals surface area contributed by atoms with Crippen molar-refractivity contribution in [3.8, 4) is 6.07 Å². The minimum atomic E-state index is -0.782. The first kappa shape index (κ1) is 14.4. The molecule has 0 saturated carbocycles. The van der Waals surface area contributed by atoms with Gasteiger partial charge in [0.25, 0.3) is 5.91 Å². The molecule has 0 fully saturated rings. The van der Waals surface area contributed by atoms with E-state index in [9.17, 15) is 9.90 Å². The molecule has 0 saturated heterocycles. The number of carbonyl (C=O) groups excluding carboxylic acids is 1. The van der Waals surface area contributed by atoms with Gasteiger partial charge in [-0.05, 0) is 35.4 Å². The fourth-order valence-corrected chi connectivity index (χ4v) is 3.00. The number of amides is 1. The van der Waals surface area contributed by atoms with Gasteiger partial charge >= 0.3 is 0 Å². The molecule has 1 heterocycles. The number of nitrogens with zero attached hydrogens (tertiary/aromatic N) is 1. The third-order valence-electron chi connectivity index (χ3n) is 4.30. The van der Waals surface area contributed by atoms with Crippen LogP contribution in [0.25, 0.3) is 0 Å². The molecule has 3 rings (SSSR count). The van der Waals surface area contributed by atoms with E-state index in [1.54, 1.807) is 24.3 Å².